The Bertz CT molecular complexity index is 836. The summed E-state index contributed by atoms with van der Waals surface area (Å²) in [4.78, 5) is 26.0. The summed E-state index contributed by atoms with van der Waals surface area (Å²) in [5.41, 5.74) is -1.69. The standard InChI is InChI=1S/C16H22F3N3O4S/c1-27(25,26)20-8-7-13-4-2-3-9-22(13)15(24)11-21-10-12(16(17,18)19)5-6-14(21)23/h5-6,10,13,20H,2-4,7-9,11H2,1H3. The van der Waals surface area contributed by atoms with Gasteiger partial charge in [-0.15, -0.1) is 0 Å². The van der Waals surface area contributed by atoms with Crippen molar-refractivity contribution >= 4 is 15.9 Å². The average molecular weight is 409 g/mol. The van der Waals surface area contributed by atoms with E-state index in [0.717, 1.165) is 29.7 Å². The second kappa shape index (κ2) is 8.42. The average Bonchev–Trinajstić information content (AvgIpc) is 2.55. The van der Waals surface area contributed by atoms with Crippen LogP contribution in [0.15, 0.2) is 23.1 Å². The van der Waals surface area contributed by atoms with Gasteiger partial charge in [0, 0.05) is 31.4 Å². The van der Waals surface area contributed by atoms with Gasteiger partial charge in [0.25, 0.3) is 5.56 Å². The van der Waals surface area contributed by atoms with Gasteiger partial charge in [-0.1, -0.05) is 0 Å². The van der Waals surface area contributed by atoms with Crippen LogP contribution in [0.4, 0.5) is 13.2 Å². The van der Waals surface area contributed by atoms with Gasteiger partial charge in [-0.3, -0.25) is 9.59 Å². The SMILES string of the molecule is CS(=O)(=O)NCCC1CCCCN1C(=O)Cn1cc(C(F)(F)F)ccc1=O. The number of nitrogens with one attached hydrogen (secondary N) is 1. The van der Waals surface area contributed by atoms with Crippen molar-refractivity contribution in [3.05, 3.63) is 34.2 Å². The zero-order valence-corrected chi connectivity index (χ0v) is 15.6. The molecule has 1 aromatic heterocycles. The number of aromatic nitrogens is 1. The lowest BCUT2D eigenvalue weighted by Gasteiger charge is -2.36. The fourth-order valence-electron chi connectivity index (χ4n) is 3.10. The molecule has 1 unspecified atom stereocenters. The number of hydrogen-bond donors (Lipinski definition) is 1. The second-order valence-electron chi connectivity index (χ2n) is 6.57. The number of piperidine rings is 1. The smallest absolute Gasteiger partial charge is 0.338 e. The molecule has 1 amide bonds. The zero-order chi connectivity index (χ0) is 20.2. The maximum atomic E-state index is 12.8. The molecule has 0 bridgehead atoms. The Kier molecular flexibility index (Phi) is 6.68. The molecule has 11 heteroatoms. The molecular weight excluding hydrogens is 387 g/mol. The number of amides is 1. The molecule has 0 spiro atoms. The van der Waals surface area contributed by atoms with Crippen LogP contribution in [0.3, 0.4) is 0 Å². The minimum atomic E-state index is -4.61. The number of likely N-dealkylation sites (tertiary alicyclic amines) is 1. The van der Waals surface area contributed by atoms with E-state index >= 15 is 0 Å². The second-order valence-corrected chi connectivity index (χ2v) is 8.41. The third-order valence-corrected chi connectivity index (χ3v) is 5.13. The van der Waals surface area contributed by atoms with Crippen LogP contribution in [0.25, 0.3) is 0 Å². The van der Waals surface area contributed by atoms with E-state index in [1.54, 1.807) is 0 Å². The van der Waals surface area contributed by atoms with Gasteiger partial charge in [-0.25, -0.2) is 13.1 Å². The Morgan fingerprint density at radius 2 is 2.00 bits per heavy atom. The van der Waals surface area contributed by atoms with Gasteiger partial charge in [0.1, 0.15) is 6.54 Å². The molecule has 2 heterocycles. The number of alkyl halides is 3. The normalized spacial score (nSPS) is 18.5. The lowest BCUT2D eigenvalue weighted by atomic mass is 9.99. The van der Waals surface area contributed by atoms with E-state index in [-0.39, 0.29) is 12.6 Å². The Labute approximate surface area is 155 Å². The molecule has 1 aromatic rings. The molecule has 1 aliphatic heterocycles. The van der Waals surface area contributed by atoms with E-state index in [2.05, 4.69) is 4.72 Å². The molecule has 1 saturated heterocycles. The maximum absolute atomic E-state index is 12.8. The number of carbonyl (C=O) groups is 1. The molecule has 1 aliphatic rings. The Hall–Kier alpha value is -1.88. The number of rotatable bonds is 6. The van der Waals surface area contributed by atoms with Crippen LogP contribution < -0.4 is 10.3 Å². The highest BCUT2D eigenvalue weighted by molar-refractivity contribution is 7.88. The summed E-state index contributed by atoms with van der Waals surface area (Å²) in [5.74, 6) is -0.458. The Balaban J connectivity index is 2.09. The maximum Gasteiger partial charge on any atom is 0.417 e. The molecule has 2 rings (SSSR count). The Morgan fingerprint density at radius 1 is 1.30 bits per heavy atom. The van der Waals surface area contributed by atoms with Crippen molar-refractivity contribution in [1.29, 1.82) is 0 Å². The third-order valence-electron chi connectivity index (χ3n) is 4.41. The first-order chi connectivity index (χ1) is 12.5. The quantitative estimate of drug-likeness (QED) is 0.765. The molecular formula is C16H22F3N3O4S. The van der Waals surface area contributed by atoms with Crippen molar-refractivity contribution in [3.8, 4) is 0 Å². The Morgan fingerprint density at radius 3 is 2.63 bits per heavy atom. The predicted octanol–water partition coefficient (Wildman–Crippen LogP) is 1.19. The van der Waals surface area contributed by atoms with E-state index in [0.29, 0.717) is 31.6 Å². The summed E-state index contributed by atoms with van der Waals surface area (Å²) < 4.78 is 63.9. The lowest BCUT2D eigenvalue weighted by Crippen LogP contribution is -2.47. The lowest BCUT2D eigenvalue weighted by molar-refractivity contribution is -0.139. The first-order valence-electron chi connectivity index (χ1n) is 8.49. The van der Waals surface area contributed by atoms with Gasteiger partial charge in [-0.2, -0.15) is 13.2 Å². The fraction of sp³-hybridized carbons (Fsp3) is 0.625. The van der Waals surface area contributed by atoms with Crippen LogP contribution in [0.5, 0.6) is 0 Å². The summed E-state index contributed by atoms with van der Waals surface area (Å²) in [7, 11) is -3.34. The van der Waals surface area contributed by atoms with E-state index in [4.69, 9.17) is 0 Å². The number of nitrogens with zero attached hydrogens (tertiary/aromatic N) is 2. The molecule has 0 aromatic carbocycles. The van der Waals surface area contributed by atoms with Crippen LogP contribution in [-0.4, -0.2) is 49.2 Å². The summed E-state index contributed by atoms with van der Waals surface area (Å²) in [6, 6.07) is 1.26. The van der Waals surface area contributed by atoms with Gasteiger partial charge in [0.2, 0.25) is 15.9 Å². The predicted molar refractivity (Wildman–Crippen MR) is 92.5 cm³/mol. The minimum Gasteiger partial charge on any atom is -0.338 e. The molecule has 0 saturated carbocycles. The van der Waals surface area contributed by atoms with Crippen molar-refractivity contribution in [1.82, 2.24) is 14.2 Å². The van der Waals surface area contributed by atoms with Crippen LogP contribution >= 0.6 is 0 Å². The molecule has 7 nitrogen and oxygen atoms in total. The number of pyridine rings is 1. The molecule has 0 radical (unpaired) electrons. The number of halogens is 3. The molecule has 1 fully saturated rings. The molecule has 1 N–H and O–H groups in total. The number of hydrogen-bond acceptors (Lipinski definition) is 4. The van der Waals surface area contributed by atoms with Gasteiger partial charge in [0.15, 0.2) is 0 Å². The van der Waals surface area contributed by atoms with Crippen LogP contribution in [0.2, 0.25) is 0 Å². The number of carbonyl (C=O) groups excluding carboxylic acids is 1. The highest BCUT2D eigenvalue weighted by atomic mass is 32.2. The van der Waals surface area contributed by atoms with E-state index in [1.807, 2.05) is 0 Å². The summed E-state index contributed by atoms with van der Waals surface area (Å²) in [6.07, 6.45) is -0.230. The number of sulfonamides is 1. The zero-order valence-electron chi connectivity index (χ0n) is 14.8. The van der Waals surface area contributed by atoms with Crippen LogP contribution in [0.1, 0.15) is 31.2 Å². The minimum absolute atomic E-state index is 0.163. The van der Waals surface area contributed by atoms with E-state index in [1.165, 1.54) is 4.90 Å². The first kappa shape index (κ1) is 21.4. The van der Waals surface area contributed by atoms with Gasteiger partial charge >= 0.3 is 6.18 Å². The van der Waals surface area contributed by atoms with Gasteiger partial charge in [0.05, 0.1) is 11.8 Å². The van der Waals surface area contributed by atoms with Crippen molar-refractivity contribution in [2.24, 2.45) is 0 Å². The third kappa shape index (κ3) is 6.35. The van der Waals surface area contributed by atoms with Crippen LogP contribution in [-0.2, 0) is 27.5 Å². The fourth-order valence-corrected chi connectivity index (χ4v) is 3.59. The van der Waals surface area contributed by atoms with E-state index < -0.39 is 39.8 Å². The first-order valence-corrected chi connectivity index (χ1v) is 10.4. The van der Waals surface area contributed by atoms with Crippen LogP contribution in [0, 0.1) is 0 Å². The van der Waals surface area contributed by atoms with Crippen molar-refractivity contribution in [3.63, 3.8) is 0 Å². The highest BCUT2D eigenvalue weighted by Crippen LogP contribution is 2.28. The largest absolute Gasteiger partial charge is 0.417 e. The van der Waals surface area contributed by atoms with Crippen molar-refractivity contribution in [2.75, 3.05) is 19.3 Å². The van der Waals surface area contributed by atoms with Gasteiger partial charge in [-0.05, 0) is 31.7 Å². The topological polar surface area (TPSA) is 88.5 Å². The molecule has 27 heavy (non-hydrogen) atoms. The molecule has 0 aliphatic carbocycles. The molecule has 152 valence electrons. The van der Waals surface area contributed by atoms with E-state index in [9.17, 15) is 31.2 Å². The van der Waals surface area contributed by atoms with Crippen molar-refractivity contribution in [2.45, 2.75) is 44.4 Å². The monoisotopic (exact) mass is 409 g/mol. The highest BCUT2D eigenvalue weighted by Gasteiger charge is 2.32. The summed E-state index contributed by atoms with van der Waals surface area (Å²) >= 11 is 0. The molecule has 1 atom stereocenters. The summed E-state index contributed by atoms with van der Waals surface area (Å²) in [5, 5.41) is 0. The summed E-state index contributed by atoms with van der Waals surface area (Å²) in [6.45, 7) is 0.103. The van der Waals surface area contributed by atoms with Gasteiger partial charge < -0.3 is 9.47 Å². The van der Waals surface area contributed by atoms with Crippen molar-refractivity contribution < 1.29 is 26.4 Å².